The van der Waals surface area contributed by atoms with Crippen molar-refractivity contribution >= 4 is 5.97 Å². The lowest BCUT2D eigenvalue weighted by molar-refractivity contribution is -0.146. The fourth-order valence-electron chi connectivity index (χ4n) is 1.43. The third-order valence-electron chi connectivity index (χ3n) is 2.41. The smallest absolute Gasteiger partial charge is 0.323 e. The number of esters is 1. The Morgan fingerprint density at radius 2 is 2.27 bits per heavy atom. The molecule has 0 aliphatic carbocycles. The van der Waals surface area contributed by atoms with Crippen molar-refractivity contribution in [3.05, 3.63) is 0 Å². The van der Waals surface area contributed by atoms with Gasteiger partial charge in [-0.2, -0.15) is 5.26 Å². The largest absolute Gasteiger partial charge is 0.468 e. The second-order valence-electron chi connectivity index (χ2n) is 3.57. The van der Waals surface area contributed by atoms with Gasteiger partial charge in [-0.25, -0.2) is 0 Å². The SMILES string of the molecule is CCCCC(C(=O)OC)N(C)CCC#N. The van der Waals surface area contributed by atoms with Crippen LogP contribution in [0.3, 0.4) is 0 Å². The van der Waals surface area contributed by atoms with Gasteiger partial charge in [-0.05, 0) is 13.5 Å². The standard InChI is InChI=1S/C11H20N2O2/c1-4-5-7-10(11(14)15-3)13(2)9-6-8-12/h10H,4-7,9H2,1-3H3. The average Bonchev–Trinajstić information content (AvgIpc) is 2.26. The molecule has 0 fully saturated rings. The Morgan fingerprint density at radius 3 is 2.73 bits per heavy atom. The number of hydrogen-bond acceptors (Lipinski definition) is 4. The van der Waals surface area contributed by atoms with Crippen LogP contribution in [-0.2, 0) is 9.53 Å². The van der Waals surface area contributed by atoms with E-state index in [-0.39, 0.29) is 12.0 Å². The molecule has 0 spiro atoms. The van der Waals surface area contributed by atoms with E-state index in [4.69, 9.17) is 10.00 Å². The molecule has 4 nitrogen and oxygen atoms in total. The van der Waals surface area contributed by atoms with Crippen molar-refractivity contribution in [1.29, 1.82) is 5.26 Å². The second kappa shape index (κ2) is 8.25. The zero-order chi connectivity index (χ0) is 11.7. The molecular formula is C11H20N2O2. The van der Waals surface area contributed by atoms with Crippen LogP contribution in [0.1, 0.15) is 32.6 Å². The highest BCUT2D eigenvalue weighted by Crippen LogP contribution is 2.09. The quantitative estimate of drug-likeness (QED) is 0.601. The number of methoxy groups -OCH3 is 1. The van der Waals surface area contributed by atoms with Crippen molar-refractivity contribution in [1.82, 2.24) is 4.90 Å². The van der Waals surface area contributed by atoms with E-state index in [1.165, 1.54) is 7.11 Å². The Kier molecular flexibility index (Phi) is 7.65. The third kappa shape index (κ3) is 5.38. The summed E-state index contributed by atoms with van der Waals surface area (Å²) >= 11 is 0. The van der Waals surface area contributed by atoms with E-state index in [1.54, 1.807) is 0 Å². The summed E-state index contributed by atoms with van der Waals surface area (Å²) in [5, 5.41) is 8.48. The van der Waals surface area contributed by atoms with Crippen LogP contribution in [0.4, 0.5) is 0 Å². The first kappa shape index (κ1) is 13.9. The third-order valence-corrected chi connectivity index (χ3v) is 2.41. The van der Waals surface area contributed by atoms with Crippen LogP contribution in [0.25, 0.3) is 0 Å². The normalized spacial score (nSPS) is 12.2. The molecule has 0 aliphatic rings. The number of ether oxygens (including phenoxy) is 1. The van der Waals surface area contributed by atoms with E-state index < -0.39 is 0 Å². The minimum atomic E-state index is -0.205. The summed E-state index contributed by atoms with van der Waals surface area (Å²) in [6.07, 6.45) is 3.29. The Labute approximate surface area is 91.8 Å². The Balaban J connectivity index is 4.21. The molecule has 0 rings (SSSR count). The first-order chi connectivity index (χ1) is 7.17. The predicted octanol–water partition coefficient (Wildman–Crippen LogP) is 1.56. The Hall–Kier alpha value is -1.08. The number of unbranched alkanes of at least 4 members (excludes halogenated alkanes) is 1. The van der Waals surface area contributed by atoms with Gasteiger partial charge in [0.2, 0.25) is 0 Å². The lowest BCUT2D eigenvalue weighted by Gasteiger charge is -2.24. The van der Waals surface area contributed by atoms with Gasteiger partial charge in [-0.1, -0.05) is 19.8 Å². The first-order valence-corrected chi connectivity index (χ1v) is 5.32. The molecule has 1 atom stereocenters. The Bertz CT molecular complexity index is 223. The van der Waals surface area contributed by atoms with Crippen LogP contribution >= 0.6 is 0 Å². The first-order valence-electron chi connectivity index (χ1n) is 5.32. The summed E-state index contributed by atoms with van der Waals surface area (Å²) in [4.78, 5) is 13.4. The van der Waals surface area contributed by atoms with Crippen LogP contribution in [-0.4, -0.2) is 37.6 Å². The van der Waals surface area contributed by atoms with E-state index in [2.05, 4.69) is 13.0 Å². The second-order valence-corrected chi connectivity index (χ2v) is 3.57. The van der Waals surface area contributed by atoms with Gasteiger partial charge in [-0.15, -0.1) is 0 Å². The molecule has 0 aliphatic heterocycles. The van der Waals surface area contributed by atoms with Crippen molar-refractivity contribution in [2.75, 3.05) is 20.7 Å². The van der Waals surface area contributed by atoms with Crippen molar-refractivity contribution in [2.24, 2.45) is 0 Å². The van der Waals surface area contributed by atoms with Gasteiger partial charge >= 0.3 is 5.97 Å². The van der Waals surface area contributed by atoms with E-state index in [1.807, 2.05) is 11.9 Å². The van der Waals surface area contributed by atoms with Gasteiger partial charge in [0.25, 0.3) is 0 Å². The number of nitriles is 1. The summed E-state index contributed by atoms with van der Waals surface area (Å²) in [7, 11) is 3.26. The van der Waals surface area contributed by atoms with Crippen LogP contribution in [0.2, 0.25) is 0 Å². The molecule has 0 amide bonds. The van der Waals surface area contributed by atoms with Gasteiger partial charge in [0.15, 0.2) is 0 Å². The highest BCUT2D eigenvalue weighted by molar-refractivity contribution is 5.75. The highest BCUT2D eigenvalue weighted by Gasteiger charge is 2.22. The molecular weight excluding hydrogens is 192 g/mol. The van der Waals surface area contributed by atoms with E-state index in [0.717, 1.165) is 19.3 Å². The summed E-state index contributed by atoms with van der Waals surface area (Å²) in [6.45, 7) is 2.70. The minimum absolute atomic E-state index is 0.205. The lowest BCUT2D eigenvalue weighted by atomic mass is 10.1. The topological polar surface area (TPSA) is 53.3 Å². The molecule has 0 aromatic rings. The van der Waals surface area contributed by atoms with Gasteiger partial charge in [0, 0.05) is 13.0 Å². The lowest BCUT2D eigenvalue weighted by Crippen LogP contribution is -2.39. The maximum absolute atomic E-state index is 11.5. The zero-order valence-electron chi connectivity index (χ0n) is 9.82. The van der Waals surface area contributed by atoms with Crippen molar-refractivity contribution in [3.63, 3.8) is 0 Å². The molecule has 0 heterocycles. The zero-order valence-corrected chi connectivity index (χ0v) is 9.82. The fraction of sp³-hybridized carbons (Fsp3) is 0.818. The molecule has 0 N–H and O–H groups in total. The average molecular weight is 212 g/mol. The predicted molar refractivity (Wildman–Crippen MR) is 58.2 cm³/mol. The van der Waals surface area contributed by atoms with E-state index in [0.29, 0.717) is 13.0 Å². The molecule has 0 radical (unpaired) electrons. The maximum atomic E-state index is 11.5. The molecule has 0 bridgehead atoms. The minimum Gasteiger partial charge on any atom is -0.468 e. The van der Waals surface area contributed by atoms with Crippen molar-refractivity contribution in [3.8, 4) is 6.07 Å². The van der Waals surface area contributed by atoms with Crippen molar-refractivity contribution in [2.45, 2.75) is 38.6 Å². The highest BCUT2D eigenvalue weighted by atomic mass is 16.5. The van der Waals surface area contributed by atoms with Gasteiger partial charge in [0.1, 0.15) is 6.04 Å². The van der Waals surface area contributed by atoms with Crippen LogP contribution in [0.5, 0.6) is 0 Å². The molecule has 0 saturated heterocycles. The molecule has 86 valence electrons. The summed E-state index contributed by atoms with van der Waals surface area (Å²) in [5.74, 6) is -0.205. The van der Waals surface area contributed by atoms with E-state index >= 15 is 0 Å². The molecule has 1 unspecified atom stereocenters. The number of rotatable bonds is 7. The molecule has 0 aromatic carbocycles. The number of carbonyl (C=O) groups excluding carboxylic acids is 1. The number of nitrogens with zero attached hydrogens (tertiary/aromatic N) is 2. The molecule has 15 heavy (non-hydrogen) atoms. The number of hydrogen-bond donors (Lipinski definition) is 0. The molecule has 4 heteroatoms. The van der Waals surface area contributed by atoms with E-state index in [9.17, 15) is 4.79 Å². The maximum Gasteiger partial charge on any atom is 0.323 e. The van der Waals surface area contributed by atoms with Crippen molar-refractivity contribution < 1.29 is 9.53 Å². The molecule has 0 aromatic heterocycles. The monoisotopic (exact) mass is 212 g/mol. The van der Waals surface area contributed by atoms with Gasteiger partial charge in [0.05, 0.1) is 13.2 Å². The number of likely N-dealkylation sites (N-methyl/N-ethyl adjacent to an activating group) is 1. The van der Waals surface area contributed by atoms with Crippen LogP contribution < -0.4 is 0 Å². The summed E-state index contributed by atoms with van der Waals surface area (Å²) in [5.41, 5.74) is 0. The van der Waals surface area contributed by atoms with Crippen LogP contribution in [0.15, 0.2) is 0 Å². The summed E-state index contributed by atoms with van der Waals surface area (Å²) < 4.78 is 4.75. The van der Waals surface area contributed by atoms with Gasteiger partial charge < -0.3 is 4.74 Å². The van der Waals surface area contributed by atoms with Gasteiger partial charge in [-0.3, -0.25) is 9.69 Å². The summed E-state index contributed by atoms with van der Waals surface area (Å²) in [6, 6.07) is 1.87. The Morgan fingerprint density at radius 1 is 1.60 bits per heavy atom. The number of carbonyl (C=O) groups is 1. The van der Waals surface area contributed by atoms with Crippen LogP contribution in [0, 0.1) is 11.3 Å². The molecule has 0 saturated carbocycles. The fourth-order valence-corrected chi connectivity index (χ4v) is 1.43.